The summed E-state index contributed by atoms with van der Waals surface area (Å²) in [6, 6.07) is 6.52. The Kier molecular flexibility index (Phi) is 7.10. The lowest BCUT2D eigenvalue weighted by molar-refractivity contribution is -0.133. The zero-order chi connectivity index (χ0) is 20.8. The first kappa shape index (κ1) is 21.0. The maximum Gasteiger partial charge on any atom is 0.236 e. The molecule has 0 spiro atoms. The molecule has 2 saturated heterocycles. The number of nitrogens with one attached hydrogen (secondary N) is 1. The number of carbonyl (C=O) groups is 1. The number of piperazine rings is 1. The highest BCUT2D eigenvalue weighted by atomic mass is 16.5. The number of likely N-dealkylation sites (tertiary alicyclic amines) is 1. The van der Waals surface area contributed by atoms with Crippen LogP contribution in [0.25, 0.3) is 0 Å². The summed E-state index contributed by atoms with van der Waals surface area (Å²) in [4.78, 5) is 23.6. The number of guanidine groups is 1. The molecule has 0 radical (unpaired) electrons. The van der Waals surface area contributed by atoms with Gasteiger partial charge in [0, 0.05) is 59.3 Å². The van der Waals surface area contributed by atoms with Crippen molar-refractivity contribution in [3.8, 4) is 5.75 Å². The van der Waals surface area contributed by atoms with E-state index in [9.17, 15) is 4.79 Å². The number of piperidine rings is 1. The summed E-state index contributed by atoms with van der Waals surface area (Å²) in [5.41, 5.74) is 2.66. The van der Waals surface area contributed by atoms with Gasteiger partial charge in [0.05, 0.1) is 13.2 Å². The lowest BCUT2D eigenvalue weighted by Gasteiger charge is -2.37. The van der Waals surface area contributed by atoms with Crippen molar-refractivity contribution < 1.29 is 9.53 Å². The Morgan fingerprint density at radius 2 is 1.87 bits per heavy atom. The Hall–Kier alpha value is -2.28. The molecule has 1 amide bonds. The van der Waals surface area contributed by atoms with Gasteiger partial charge in [-0.15, -0.1) is 0 Å². The lowest BCUT2D eigenvalue weighted by Crippen LogP contribution is -2.54. The molecule has 3 aliphatic rings. The van der Waals surface area contributed by atoms with Gasteiger partial charge < -0.3 is 19.9 Å². The van der Waals surface area contributed by atoms with Gasteiger partial charge in [0.15, 0.2) is 5.96 Å². The predicted molar refractivity (Wildman–Crippen MR) is 119 cm³/mol. The number of benzene rings is 1. The molecule has 0 saturated carbocycles. The number of fused-ring (bicyclic) bond motifs is 1. The SMILES string of the molecule is CN=C(NCCc1ccc2c(c1)CCO2)N1CCN(CC(=O)N2CCCCC2)CC1. The van der Waals surface area contributed by atoms with Gasteiger partial charge in [-0.3, -0.25) is 14.7 Å². The second-order valence-corrected chi connectivity index (χ2v) is 8.47. The molecule has 0 bridgehead atoms. The van der Waals surface area contributed by atoms with E-state index >= 15 is 0 Å². The van der Waals surface area contributed by atoms with E-state index in [1.807, 2.05) is 11.9 Å². The Morgan fingerprint density at radius 3 is 2.63 bits per heavy atom. The van der Waals surface area contributed by atoms with Gasteiger partial charge in [-0.1, -0.05) is 12.1 Å². The van der Waals surface area contributed by atoms with Crippen molar-refractivity contribution in [3.05, 3.63) is 29.3 Å². The van der Waals surface area contributed by atoms with Gasteiger partial charge in [0.25, 0.3) is 0 Å². The van der Waals surface area contributed by atoms with Gasteiger partial charge in [-0.25, -0.2) is 0 Å². The van der Waals surface area contributed by atoms with Crippen molar-refractivity contribution in [3.63, 3.8) is 0 Å². The third-order valence-corrected chi connectivity index (χ3v) is 6.40. The molecule has 7 nitrogen and oxygen atoms in total. The number of nitrogens with zero attached hydrogens (tertiary/aromatic N) is 4. The molecule has 2 fully saturated rings. The zero-order valence-electron chi connectivity index (χ0n) is 18.2. The first-order chi connectivity index (χ1) is 14.7. The number of rotatable bonds is 5. The Morgan fingerprint density at radius 1 is 1.07 bits per heavy atom. The third-order valence-electron chi connectivity index (χ3n) is 6.40. The van der Waals surface area contributed by atoms with Gasteiger partial charge in [0.1, 0.15) is 5.75 Å². The smallest absolute Gasteiger partial charge is 0.236 e. The van der Waals surface area contributed by atoms with Gasteiger partial charge in [-0.05, 0) is 42.9 Å². The molecule has 30 heavy (non-hydrogen) atoms. The van der Waals surface area contributed by atoms with Crippen LogP contribution in [0.1, 0.15) is 30.4 Å². The number of ether oxygens (including phenoxy) is 1. The first-order valence-corrected chi connectivity index (χ1v) is 11.4. The molecule has 7 heteroatoms. The second kappa shape index (κ2) is 10.2. The van der Waals surface area contributed by atoms with E-state index in [2.05, 4.69) is 38.3 Å². The normalized spacial score (nSPS) is 20.1. The van der Waals surface area contributed by atoms with E-state index in [4.69, 9.17) is 4.74 Å². The van der Waals surface area contributed by atoms with Crippen LogP contribution in [0, 0.1) is 0 Å². The number of carbonyl (C=O) groups excluding carboxylic acids is 1. The number of hydrogen-bond acceptors (Lipinski definition) is 4. The summed E-state index contributed by atoms with van der Waals surface area (Å²) in [7, 11) is 1.85. The molecule has 3 heterocycles. The van der Waals surface area contributed by atoms with Gasteiger partial charge in [-0.2, -0.15) is 0 Å². The minimum absolute atomic E-state index is 0.297. The number of hydrogen-bond donors (Lipinski definition) is 1. The lowest BCUT2D eigenvalue weighted by atomic mass is 10.1. The van der Waals surface area contributed by atoms with E-state index in [1.54, 1.807) is 0 Å². The molecular weight excluding hydrogens is 378 g/mol. The van der Waals surface area contributed by atoms with Crippen molar-refractivity contribution in [1.82, 2.24) is 20.0 Å². The van der Waals surface area contributed by atoms with E-state index in [0.717, 1.165) is 89.8 Å². The van der Waals surface area contributed by atoms with Crippen molar-refractivity contribution in [1.29, 1.82) is 0 Å². The number of amides is 1. The van der Waals surface area contributed by atoms with E-state index in [0.29, 0.717) is 12.5 Å². The number of aliphatic imine (C=N–C) groups is 1. The van der Waals surface area contributed by atoms with Crippen LogP contribution in [0.2, 0.25) is 0 Å². The fourth-order valence-electron chi connectivity index (χ4n) is 4.60. The largest absolute Gasteiger partial charge is 0.493 e. The summed E-state index contributed by atoms with van der Waals surface area (Å²) in [5.74, 6) is 2.30. The quantitative estimate of drug-likeness (QED) is 0.584. The second-order valence-electron chi connectivity index (χ2n) is 8.47. The molecule has 0 aromatic heterocycles. The van der Waals surface area contributed by atoms with Crippen molar-refractivity contribution in [2.45, 2.75) is 32.1 Å². The summed E-state index contributed by atoms with van der Waals surface area (Å²) in [5, 5.41) is 3.51. The molecule has 3 aliphatic heterocycles. The maximum atomic E-state index is 12.5. The highest BCUT2D eigenvalue weighted by Gasteiger charge is 2.24. The average molecular weight is 414 g/mol. The molecule has 1 aromatic rings. The monoisotopic (exact) mass is 413 g/mol. The molecule has 0 unspecified atom stereocenters. The van der Waals surface area contributed by atoms with Crippen LogP contribution in [0.5, 0.6) is 5.75 Å². The fraction of sp³-hybridized carbons (Fsp3) is 0.652. The summed E-state index contributed by atoms with van der Waals surface area (Å²) < 4.78 is 5.59. The van der Waals surface area contributed by atoms with Crippen LogP contribution in [-0.2, 0) is 17.6 Å². The molecule has 0 atom stereocenters. The standard InChI is InChI=1S/C23H35N5O2/c1-24-23(25-9-7-19-5-6-21-20(17-19)8-16-30-21)28-14-12-26(13-15-28)18-22(29)27-10-3-2-4-11-27/h5-6,17H,2-4,7-16,18H2,1H3,(H,24,25). The van der Waals surface area contributed by atoms with E-state index < -0.39 is 0 Å². The first-order valence-electron chi connectivity index (χ1n) is 11.4. The minimum atomic E-state index is 0.297. The molecule has 1 N–H and O–H groups in total. The maximum absolute atomic E-state index is 12.5. The minimum Gasteiger partial charge on any atom is -0.493 e. The van der Waals surface area contributed by atoms with Gasteiger partial charge in [0.2, 0.25) is 5.91 Å². The van der Waals surface area contributed by atoms with Crippen molar-refractivity contribution in [2.24, 2.45) is 4.99 Å². The molecule has 164 valence electrons. The van der Waals surface area contributed by atoms with Crippen LogP contribution < -0.4 is 10.1 Å². The average Bonchev–Trinajstić information content (AvgIpc) is 3.26. The molecule has 1 aromatic carbocycles. The van der Waals surface area contributed by atoms with Crippen LogP contribution >= 0.6 is 0 Å². The predicted octanol–water partition coefficient (Wildman–Crippen LogP) is 1.37. The third kappa shape index (κ3) is 5.25. The Balaban J connectivity index is 1.19. The highest BCUT2D eigenvalue weighted by Crippen LogP contribution is 2.25. The van der Waals surface area contributed by atoms with Crippen molar-refractivity contribution >= 4 is 11.9 Å². The van der Waals surface area contributed by atoms with Crippen LogP contribution in [0.4, 0.5) is 0 Å². The highest BCUT2D eigenvalue weighted by molar-refractivity contribution is 5.80. The summed E-state index contributed by atoms with van der Waals surface area (Å²) >= 11 is 0. The summed E-state index contributed by atoms with van der Waals surface area (Å²) in [6.07, 6.45) is 5.55. The van der Waals surface area contributed by atoms with Gasteiger partial charge >= 0.3 is 0 Å². The van der Waals surface area contributed by atoms with E-state index in [-0.39, 0.29) is 0 Å². The fourth-order valence-corrected chi connectivity index (χ4v) is 4.60. The Labute approximate surface area is 180 Å². The zero-order valence-corrected chi connectivity index (χ0v) is 18.2. The van der Waals surface area contributed by atoms with E-state index in [1.165, 1.54) is 17.5 Å². The summed E-state index contributed by atoms with van der Waals surface area (Å²) in [6.45, 7) is 7.73. The van der Waals surface area contributed by atoms with Crippen LogP contribution in [0.3, 0.4) is 0 Å². The van der Waals surface area contributed by atoms with Crippen LogP contribution in [0.15, 0.2) is 23.2 Å². The Bertz CT molecular complexity index is 752. The molecule has 4 rings (SSSR count). The topological polar surface area (TPSA) is 60.4 Å². The molecule has 0 aliphatic carbocycles. The molecular formula is C23H35N5O2. The van der Waals surface area contributed by atoms with Crippen LogP contribution in [-0.4, -0.2) is 92.6 Å². The van der Waals surface area contributed by atoms with Crippen molar-refractivity contribution in [2.75, 3.05) is 66.0 Å².